The highest BCUT2D eigenvalue weighted by atomic mass is 28.3. The molecular formula is C20H34O3Si. The average molecular weight is 351 g/mol. The summed E-state index contributed by atoms with van der Waals surface area (Å²) in [4.78, 5) is 11.8. The number of cyclic esters (lactones) is 1. The third-order valence-electron chi connectivity index (χ3n) is 4.65. The van der Waals surface area contributed by atoms with Gasteiger partial charge in [0.15, 0.2) is 0 Å². The number of esters is 1. The van der Waals surface area contributed by atoms with E-state index in [0.29, 0.717) is 6.10 Å². The van der Waals surface area contributed by atoms with Gasteiger partial charge in [-0.15, -0.1) is 11.5 Å². The van der Waals surface area contributed by atoms with Crippen molar-refractivity contribution in [2.75, 3.05) is 6.61 Å². The van der Waals surface area contributed by atoms with Crippen molar-refractivity contribution in [2.45, 2.75) is 96.1 Å². The highest BCUT2D eigenvalue weighted by Gasteiger charge is 2.38. The Morgan fingerprint density at radius 2 is 1.71 bits per heavy atom. The summed E-state index contributed by atoms with van der Waals surface area (Å²) in [6.45, 7) is 7.72. The summed E-state index contributed by atoms with van der Waals surface area (Å²) < 4.78 is 10.7. The van der Waals surface area contributed by atoms with Crippen LogP contribution < -0.4 is 0 Å². The van der Waals surface area contributed by atoms with Crippen molar-refractivity contribution in [1.82, 2.24) is 0 Å². The molecule has 0 unspecified atom stereocenters. The van der Waals surface area contributed by atoms with Crippen LogP contribution in [0.4, 0.5) is 0 Å². The molecule has 3 nitrogen and oxygen atoms in total. The molecule has 0 spiro atoms. The van der Waals surface area contributed by atoms with Crippen LogP contribution in [0.1, 0.15) is 64.2 Å². The first-order valence-electron chi connectivity index (χ1n) is 9.76. The van der Waals surface area contributed by atoms with Gasteiger partial charge in [0.05, 0.1) is 18.6 Å². The fourth-order valence-electron chi connectivity index (χ4n) is 3.23. The van der Waals surface area contributed by atoms with E-state index in [9.17, 15) is 4.79 Å². The molecule has 0 aromatic rings. The van der Waals surface area contributed by atoms with E-state index in [2.05, 4.69) is 31.1 Å². The van der Waals surface area contributed by atoms with Crippen LogP contribution >= 0.6 is 0 Å². The number of epoxide rings is 1. The van der Waals surface area contributed by atoms with Crippen molar-refractivity contribution in [2.24, 2.45) is 5.92 Å². The molecular weight excluding hydrogens is 316 g/mol. The summed E-state index contributed by atoms with van der Waals surface area (Å²) >= 11 is 0. The first-order valence-corrected chi connectivity index (χ1v) is 13.3. The lowest BCUT2D eigenvalue weighted by atomic mass is 9.97. The van der Waals surface area contributed by atoms with Gasteiger partial charge in [0.25, 0.3) is 0 Å². The molecule has 2 aliphatic heterocycles. The minimum absolute atomic E-state index is 0.00919. The summed E-state index contributed by atoms with van der Waals surface area (Å²) in [5, 5.41) is 0. The molecule has 4 heteroatoms. The SMILES string of the molecule is C[Si](C)(C)C#CCCCCCCCC[C@@H]1C[C@H](C[C@@H]2CO2)C(=O)O1. The molecule has 0 bridgehead atoms. The van der Waals surface area contributed by atoms with Crippen LogP contribution in [0.2, 0.25) is 19.6 Å². The zero-order valence-electron chi connectivity index (χ0n) is 15.7. The van der Waals surface area contributed by atoms with E-state index >= 15 is 0 Å². The molecule has 3 atom stereocenters. The van der Waals surface area contributed by atoms with Crippen LogP contribution in [0, 0.1) is 17.4 Å². The van der Waals surface area contributed by atoms with E-state index in [-0.39, 0.29) is 18.0 Å². The monoisotopic (exact) mass is 350 g/mol. The zero-order valence-corrected chi connectivity index (χ0v) is 16.7. The number of carbonyl (C=O) groups is 1. The van der Waals surface area contributed by atoms with E-state index in [4.69, 9.17) is 9.47 Å². The standard InChI is InChI=1S/C20H34O3Si/c1-24(2,3)13-11-9-7-5-4-6-8-10-12-18-14-17(20(21)23-18)15-19-16-22-19/h17-19H,4-10,12,14-16H2,1-3H3/t17-,18-,19-/m1/s1. The molecule has 0 radical (unpaired) electrons. The minimum Gasteiger partial charge on any atom is -0.462 e. The third kappa shape index (κ3) is 8.35. The molecule has 0 amide bonds. The summed E-state index contributed by atoms with van der Waals surface area (Å²) in [6.07, 6.45) is 11.9. The van der Waals surface area contributed by atoms with E-state index < -0.39 is 8.07 Å². The molecule has 0 saturated carbocycles. The van der Waals surface area contributed by atoms with Crippen LogP contribution in [-0.4, -0.2) is 32.9 Å². The minimum atomic E-state index is -1.18. The Bertz CT molecular complexity index is 454. The molecule has 24 heavy (non-hydrogen) atoms. The van der Waals surface area contributed by atoms with Crippen LogP contribution in [-0.2, 0) is 14.3 Å². The first-order chi connectivity index (χ1) is 11.4. The van der Waals surface area contributed by atoms with Gasteiger partial charge in [0.1, 0.15) is 14.2 Å². The lowest BCUT2D eigenvalue weighted by Crippen LogP contribution is -2.16. The first kappa shape index (κ1) is 19.5. The highest BCUT2D eigenvalue weighted by molar-refractivity contribution is 6.83. The van der Waals surface area contributed by atoms with Crippen molar-refractivity contribution in [3.05, 3.63) is 0 Å². The van der Waals surface area contributed by atoms with Gasteiger partial charge in [-0.1, -0.05) is 45.3 Å². The molecule has 0 aromatic heterocycles. The smallest absolute Gasteiger partial charge is 0.309 e. The molecule has 2 saturated heterocycles. The van der Waals surface area contributed by atoms with E-state index in [0.717, 1.165) is 32.3 Å². The number of carbonyl (C=O) groups excluding carboxylic acids is 1. The van der Waals surface area contributed by atoms with Gasteiger partial charge in [-0.05, 0) is 32.1 Å². The van der Waals surface area contributed by atoms with Gasteiger partial charge >= 0.3 is 5.97 Å². The Balaban J connectivity index is 1.41. The number of rotatable bonds is 10. The van der Waals surface area contributed by atoms with Crippen LogP contribution in [0.15, 0.2) is 0 Å². The Labute approximate surface area is 148 Å². The largest absolute Gasteiger partial charge is 0.462 e. The highest BCUT2D eigenvalue weighted by Crippen LogP contribution is 2.31. The molecule has 2 aliphatic rings. The molecule has 136 valence electrons. The van der Waals surface area contributed by atoms with Gasteiger partial charge in [-0.3, -0.25) is 4.79 Å². The quantitative estimate of drug-likeness (QED) is 0.188. The van der Waals surface area contributed by atoms with Gasteiger partial charge in [-0.2, -0.15) is 0 Å². The van der Waals surface area contributed by atoms with Crippen LogP contribution in [0.3, 0.4) is 0 Å². The normalized spacial score (nSPS) is 26.0. The Morgan fingerprint density at radius 3 is 2.38 bits per heavy atom. The van der Waals surface area contributed by atoms with E-state index in [1.165, 1.54) is 38.5 Å². The Hall–Kier alpha value is -0.793. The van der Waals surface area contributed by atoms with Crippen molar-refractivity contribution in [3.8, 4) is 11.5 Å². The van der Waals surface area contributed by atoms with Crippen molar-refractivity contribution >= 4 is 14.0 Å². The molecule has 2 heterocycles. The maximum atomic E-state index is 11.8. The summed E-state index contributed by atoms with van der Waals surface area (Å²) in [7, 11) is -1.18. The summed E-state index contributed by atoms with van der Waals surface area (Å²) in [5.74, 6) is 3.45. The Morgan fingerprint density at radius 1 is 1.04 bits per heavy atom. The maximum Gasteiger partial charge on any atom is 0.309 e. The fourth-order valence-corrected chi connectivity index (χ4v) is 3.89. The summed E-state index contributed by atoms with van der Waals surface area (Å²) in [5.41, 5.74) is 3.43. The zero-order chi connectivity index (χ0) is 17.4. The maximum absolute atomic E-state index is 11.8. The second-order valence-corrected chi connectivity index (χ2v) is 13.1. The number of hydrogen-bond acceptors (Lipinski definition) is 3. The van der Waals surface area contributed by atoms with Crippen molar-refractivity contribution < 1.29 is 14.3 Å². The average Bonchev–Trinajstić information content (AvgIpc) is 3.24. The van der Waals surface area contributed by atoms with Crippen LogP contribution in [0.25, 0.3) is 0 Å². The number of hydrogen-bond donors (Lipinski definition) is 0. The van der Waals surface area contributed by atoms with Gasteiger partial charge in [-0.25, -0.2) is 0 Å². The Kier molecular flexibility index (Phi) is 7.84. The van der Waals surface area contributed by atoms with Crippen molar-refractivity contribution in [1.29, 1.82) is 0 Å². The van der Waals surface area contributed by atoms with Gasteiger partial charge in [0, 0.05) is 6.42 Å². The second-order valence-electron chi connectivity index (χ2n) is 8.39. The molecule has 0 aliphatic carbocycles. The van der Waals surface area contributed by atoms with Gasteiger partial charge in [0.2, 0.25) is 0 Å². The van der Waals surface area contributed by atoms with Crippen molar-refractivity contribution in [3.63, 3.8) is 0 Å². The topological polar surface area (TPSA) is 38.8 Å². The van der Waals surface area contributed by atoms with E-state index in [1.807, 2.05) is 0 Å². The van der Waals surface area contributed by atoms with Crippen LogP contribution in [0.5, 0.6) is 0 Å². The lowest BCUT2D eigenvalue weighted by Gasteiger charge is -2.08. The summed E-state index contributed by atoms with van der Waals surface area (Å²) in [6, 6.07) is 0. The number of ether oxygens (including phenoxy) is 2. The van der Waals surface area contributed by atoms with E-state index in [1.54, 1.807) is 0 Å². The lowest BCUT2D eigenvalue weighted by molar-refractivity contribution is -0.144. The molecule has 0 N–H and O–H groups in total. The second kappa shape index (κ2) is 9.63. The predicted octanol–water partition coefficient (Wildman–Crippen LogP) is 4.71. The fraction of sp³-hybridized carbons (Fsp3) is 0.850. The van der Waals surface area contributed by atoms with Gasteiger partial charge < -0.3 is 9.47 Å². The number of unbranched alkanes of at least 4 members (excludes halogenated alkanes) is 6. The molecule has 2 fully saturated rings. The molecule has 0 aromatic carbocycles. The molecule has 2 rings (SSSR count). The third-order valence-corrected chi connectivity index (χ3v) is 5.58. The predicted molar refractivity (Wildman–Crippen MR) is 100 cm³/mol.